The van der Waals surface area contributed by atoms with Crippen molar-refractivity contribution in [1.82, 2.24) is 25.2 Å². The third-order valence-corrected chi connectivity index (χ3v) is 4.91. The van der Waals surface area contributed by atoms with Crippen LogP contribution in [0.3, 0.4) is 0 Å². The minimum atomic E-state index is -0.541. The fourth-order valence-electron chi connectivity index (χ4n) is 2.61. The largest absolute Gasteiger partial charge is 0.461 e. The first-order valence-corrected chi connectivity index (χ1v) is 9.79. The Kier molecular flexibility index (Phi) is 5.66. The Morgan fingerprint density at radius 1 is 1.10 bits per heavy atom. The van der Waals surface area contributed by atoms with Crippen molar-refractivity contribution in [3.05, 3.63) is 71.5 Å². The van der Waals surface area contributed by atoms with Crippen LogP contribution in [0, 0.1) is 5.82 Å². The van der Waals surface area contributed by atoms with Crippen molar-refractivity contribution >= 4 is 17.3 Å². The van der Waals surface area contributed by atoms with Gasteiger partial charge in [0.1, 0.15) is 10.8 Å². The number of ether oxygens (including phenoxy) is 1. The van der Waals surface area contributed by atoms with Crippen LogP contribution in [0.5, 0.6) is 0 Å². The molecule has 7 nitrogen and oxygen atoms in total. The summed E-state index contributed by atoms with van der Waals surface area (Å²) in [7, 11) is 0. The summed E-state index contributed by atoms with van der Waals surface area (Å²) in [5, 5.41) is 14.3. The molecule has 0 spiro atoms. The Labute approximate surface area is 169 Å². The zero-order valence-electron chi connectivity index (χ0n) is 15.2. The molecule has 0 aliphatic carbocycles. The van der Waals surface area contributed by atoms with Crippen LogP contribution in [0.2, 0.25) is 0 Å². The number of hydrogen-bond donors (Lipinski definition) is 0. The van der Waals surface area contributed by atoms with Crippen molar-refractivity contribution < 1.29 is 13.9 Å². The lowest BCUT2D eigenvalue weighted by molar-refractivity contribution is 0.0487. The Hall–Kier alpha value is -3.46. The molecule has 0 saturated carbocycles. The van der Waals surface area contributed by atoms with Crippen molar-refractivity contribution in [1.29, 1.82) is 0 Å². The van der Waals surface area contributed by atoms with Gasteiger partial charge in [0, 0.05) is 22.9 Å². The van der Waals surface area contributed by atoms with Gasteiger partial charge >= 0.3 is 5.97 Å². The summed E-state index contributed by atoms with van der Waals surface area (Å²) in [4.78, 5) is 17.8. The van der Waals surface area contributed by atoms with Crippen LogP contribution in [0.1, 0.15) is 16.9 Å². The van der Waals surface area contributed by atoms with E-state index in [4.69, 9.17) is 4.74 Å². The zero-order chi connectivity index (χ0) is 20.1. The topological polar surface area (TPSA) is 82.8 Å². The minimum absolute atomic E-state index is 0.165. The second-order valence-electron chi connectivity index (χ2n) is 6.08. The number of carbonyl (C=O) groups is 1. The van der Waals surface area contributed by atoms with Gasteiger partial charge in [-0.15, -0.1) is 21.5 Å². The molecule has 0 atom stereocenters. The molecule has 4 rings (SSSR count). The molecule has 0 aliphatic heterocycles. The molecule has 0 saturated heterocycles. The van der Waals surface area contributed by atoms with Crippen molar-refractivity contribution in [3.8, 4) is 22.0 Å². The molecule has 0 radical (unpaired) electrons. The fraction of sp³-hybridized carbons (Fsp3) is 0.150. The number of aromatic nitrogens is 5. The van der Waals surface area contributed by atoms with Crippen LogP contribution in [-0.4, -0.2) is 37.8 Å². The molecule has 0 unspecified atom stereocenters. The molecule has 4 aromatic rings. The van der Waals surface area contributed by atoms with Gasteiger partial charge in [0.2, 0.25) is 5.82 Å². The maximum Gasteiger partial charge on any atom is 0.357 e. The summed E-state index contributed by atoms with van der Waals surface area (Å²) in [5.74, 6) is -0.372. The summed E-state index contributed by atoms with van der Waals surface area (Å²) in [6.07, 6.45) is 0.528. The van der Waals surface area contributed by atoms with Gasteiger partial charge < -0.3 is 4.74 Å². The van der Waals surface area contributed by atoms with Crippen molar-refractivity contribution in [2.75, 3.05) is 6.61 Å². The molecule has 0 amide bonds. The van der Waals surface area contributed by atoms with Crippen LogP contribution in [-0.2, 0) is 11.3 Å². The summed E-state index contributed by atoms with van der Waals surface area (Å²) in [5.41, 5.74) is 1.42. The first kappa shape index (κ1) is 18.9. The van der Waals surface area contributed by atoms with Gasteiger partial charge in [-0.2, -0.15) is 4.80 Å². The zero-order valence-corrected chi connectivity index (χ0v) is 16.1. The number of benzene rings is 2. The van der Waals surface area contributed by atoms with Gasteiger partial charge in [0.05, 0.1) is 13.2 Å². The summed E-state index contributed by atoms with van der Waals surface area (Å²) in [6.45, 7) is 0.651. The number of carbonyl (C=O) groups excluding carboxylic acids is 1. The van der Waals surface area contributed by atoms with Crippen molar-refractivity contribution in [2.24, 2.45) is 0 Å². The lowest BCUT2D eigenvalue weighted by Gasteiger charge is -2.02. The van der Waals surface area contributed by atoms with E-state index in [0.29, 0.717) is 29.4 Å². The van der Waals surface area contributed by atoms with Crippen LogP contribution in [0.25, 0.3) is 22.0 Å². The average molecular weight is 409 g/mol. The predicted octanol–water partition coefficient (Wildman–Crippen LogP) is 3.85. The van der Waals surface area contributed by atoms with E-state index in [1.165, 1.54) is 22.2 Å². The Morgan fingerprint density at radius 3 is 2.72 bits per heavy atom. The van der Waals surface area contributed by atoms with E-state index < -0.39 is 5.97 Å². The van der Waals surface area contributed by atoms with Crippen LogP contribution in [0.15, 0.2) is 60.0 Å². The summed E-state index contributed by atoms with van der Waals surface area (Å²) in [6, 6.07) is 15.9. The number of nitrogens with zero attached hydrogens (tertiary/aromatic N) is 5. The van der Waals surface area contributed by atoms with Crippen LogP contribution in [0.4, 0.5) is 4.39 Å². The Bertz CT molecular complexity index is 1110. The highest BCUT2D eigenvalue weighted by molar-refractivity contribution is 7.13. The maximum absolute atomic E-state index is 13.8. The average Bonchev–Trinajstić information content (AvgIpc) is 3.42. The molecule has 29 heavy (non-hydrogen) atoms. The van der Waals surface area contributed by atoms with E-state index in [1.54, 1.807) is 23.6 Å². The van der Waals surface area contributed by atoms with Gasteiger partial charge in [-0.1, -0.05) is 42.5 Å². The number of hydrogen-bond acceptors (Lipinski definition) is 7. The third kappa shape index (κ3) is 4.52. The Morgan fingerprint density at radius 2 is 1.90 bits per heavy atom. The third-order valence-electron chi connectivity index (χ3n) is 4.04. The predicted molar refractivity (Wildman–Crippen MR) is 106 cm³/mol. The standard InChI is InChI=1S/C20H16FN5O2S/c21-16-10-5-4-9-15(16)19-22-17(13-29-19)20(27)28-12-6-11-26-24-18(23-25-26)14-7-2-1-3-8-14/h1-5,7-10,13H,6,11-12H2. The van der Waals surface area contributed by atoms with Gasteiger partial charge in [-0.25, -0.2) is 14.2 Å². The van der Waals surface area contributed by atoms with E-state index in [2.05, 4.69) is 20.4 Å². The van der Waals surface area contributed by atoms with Gasteiger partial charge in [0.25, 0.3) is 0 Å². The van der Waals surface area contributed by atoms with Gasteiger partial charge in [-0.3, -0.25) is 0 Å². The number of tetrazole rings is 1. The van der Waals surface area contributed by atoms with E-state index >= 15 is 0 Å². The SMILES string of the molecule is O=C(OCCCn1nnc(-c2ccccc2)n1)c1csc(-c2ccccc2F)n1. The molecule has 146 valence electrons. The minimum Gasteiger partial charge on any atom is -0.461 e. The van der Waals surface area contributed by atoms with Crippen molar-refractivity contribution in [2.45, 2.75) is 13.0 Å². The van der Waals surface area contributed by atoms with Crippen LogP contribution >= 0.6 is 11.3 Å². The molecule has 0 N–H and O–H groups in total. The number of esters is 1. The number of rotatable bonds is 7. The Balaban J connectivity index is 1.28. The summed E-state index contributed by atoms with van der Waals surface area (Å²) < 4.78 is 19.1. The van der Waals surface area contributed by atoms with E-state index in [1.807, 2.05) is 30.3 Å². The van der Waals surface area contributed by atoms with E-state index in [-0.39, 0.29) is 18.1 Å². The molecule has 0 bridgehead atoms. The van der Waals surface area contributed by atoms with Gasteiger partial charge in [0.15, 0.2) is 5.69 Å². The fourth-order valence-corrected chi connectivity index (χ4v) is 3.43. The molecular weight excluding hydrogens is 393 g/mol. The monoisotopic (exact) mass is 409 g/mol. The lowest BCUT2D eigenvalue weighted by Crippen LogP contribution is -2.10. The molecule has 2 aromatic carbocycles. The highest BCUT2D eigenvalue weighted by atomic mass is 32.1. The molecule has 9 heteroatoms. The maximum atomic E-state index is 13.8. The molecule has 0 aliphatic rings. The number of aryl methyl sites for hydroxylation is 1. The second kappa shape index (κ2) is 8.70. The normalized spacial score (nSPS) is 10.8. The van der Waals surface area contributed by atoms with E-state index in [9.17, 15) is 9.18 Å². The molecule has 2 aromatic heterocycles. The first-order valence-electron chi connectivity index (χ1n) is 8.91. The molecule has 0 fully saturated rings. The quantitative estimate of drug-likeness (QED) is 0.341. The number of thiazole rings is 1. The summed E-state index contributed by atoms with van der Waals surface area (Å²) >= 11 is 1.20. The smallest absolute Gasteiger partial charge is 0.357 e. The molecular formula is C20H16FN5O2S. The van der Waals surface area contributed by atoms with E-state index in [0.717, 1.165) is 5.56 Å². The van der Waals surface area contributed by atoms with Crippen LogP contribution < -0.4 is 0 Å². The van der Waals surface area contributed by atoms with Gasteiger partial charge in [-0.05, 0) is 17.3 Å². The highest BCUT2D eigenvalue weighted by Crippen LogP contribution is 2.26. The number of halogens is 1. The lowest BCUT2D eigenvalue weighted by atomic mass is 10.2. The highest BCUT2D eigenvalue weighted by Gasteiger charge is 2.15. The molecule has 2 heterocycles. The van der Waals surface area contributed by atoms with Crippen molar-refractivity contribution in [3.63, 3.8) is 0 Å². The first-order chi connectivity index (χ1) is 14.2. The second-order valence-corrected chi connectivity index (χ2v) is 6.94.